The minimum absolute atomic E-state index is 0.0203. The predicted molar refractivity (Wildman–Crippen MR) is 133 cm³/mol. The zero-order valence-electron chi connectivity index (χ0n) is 21.8. The summed E-state index contributed by atoms with van der Waals surface area (Å²) in [5, 5.41) is 10.3. The number of Topliss-reactive ketones (excluding diaryl/α,β-unsaturated/α-hetero) is 1. The second-order valence-corrected chi connectivity index (χ2v) is 13.1. The normalized spacial score (nSPS) is 49.9. The van der Waals surface area contributed by atoms with Gasteiger partial charge in [0, 0.05) is 6.42 Å². The van der Waals surface area contributed by atoms with E-state index in [0.717, 1.165) is 32.3 Å². The molecule has 4 nitrogen and oxygen atoms in total. The van der Waals surface area contributed by atoms with Crippen LogP contribution in [0.25, 0.3) is 0 Å². The molecule has 4 heteroatoms. The molecule has 186 valence electrons. The van der Waals surface area contributed by atoms with Gasteiger partial charge in [0.15, 0.2) is 5.78 Å². The number of hydrogen-bond donors (Lipinski definition) is 1. The molecule has 0 bridgehead atoms. The number of carbonyl (C=O) groups is 2. The second kappa shape index (κ2) is 7.74. The Bertz CT molecular complexity index is 1000. The Morgan fingerprint density at radius 2 is 1.91 bits per heavy atom. The summed E-state index contributed by atoms with van der Waals surface area (Å²) in [6.45, 7) is 13.6. The number of aliphatic hydroxyl groups excluding tert-OH is 1. The van der Waals surface area contributed by atoms with Crippen molar-refractivity contribution in [2.24, 2.45) is 45.3 Å². The number of allylic oxidation sites excluding steroid dienone is 5. The van der Waals surface area contributed by atoms with Crippen molar-refractivity contribution < 1.29 is 19.4 Å². The summed E-state index contributed by atoms with van der Waals surface area (Å²) >= 11 is 0. The second-order valence-electron chi connectivity index (χ2n) is 13.1. The average Bonchev–Trinajstić information content (AvgIpc) is 3.37. The van der Waals surface area contributed by atoms with Crippen LogP contribution in [-0.4, -0.2) is 36.0 Å². The summed E-state index contributed by atoms with van der Waals surface area (Å²) < 4.78 is 6.17. The number of fused-ring (bicyclic) bond motifs is 5. The molecule has 5 aliphatic rings. The van der Waals surface area contributed by atoms with Gasteiger partial charge >= 0.3 is 0 Å². The van der Waals surface area contributed by atoms with Gasteiger partial charge in [0.05, 0.1) is 30.1 Å². The van der Waals surface area contributed by atoms with Crippen molar-refractivity contribution in [3.05, 3.63) is 35.5 Å². The van der Waals surface area contributed by atoms with Crippen LogP contribution in [0, 0.1) is 45.3 Å². The molecular formula is C30H42O4. The minimum atomic E-state index is -0.880. The highest BCUT2D eigenvalue weighted by Gasteiger charge is 2.68. The molecule has 0 aromatic carbocycles. The first-order valence-electron chi connectivity index (χ1n) is 13.3. The summed E-state index contributed by atoms with van der Waals surface area (Å²) in [5.41, 5.74) is 1.01. The van der Waals surface area contributed by atoms with E-state index in [2.05, 4.69) is 52.8 Å². The monoisotopic (exact) mass is 466 g/mol. The molecule has 9 atom stereocenters. The summed E-state index contributed by atoms with van der Waals surface area (Å²) in [6, 6.07) is 0. The van der Waals surface area contributed by atoms with Gasteiger partial charge in [-0.05, 0) is 94.0 Å². The summed E-state index contributed by atoms with van der Waals surface area (Å²) in [7, 11) is 0. The van der Waals surface area contributed by atoms with Crippen LogP contribution in [0.5, 0.6) is 0 Å². The van der Waals surface area contributed by atoms with Crippen LogP contribution in [0.15, 0.2) is 35.5 Å². The maximum Gasteiger partial charge on any atom is 0.163 e. The molecule has 5 rings (SSSR count). The van der Waals surface area contributed by atoms with E-state index in [9.17, 15) is 14.7 Å². The topological polar surface area (TPSA) is 63.6 Å². The van der Waals surface area contributed by atoms with Gasteiger partial charge in [-0.2, -0.15) is 0 Å². The fourth-order valence-electron chi connectivity index (χ4n) is 9.23. The molecule has 34 heavy (non-hydrogen) atoms. The molecule has 0 aromatic rings. The first-order chi connectivity index (χ1) is 15.9. The van der Waals surface area contributed by atoms with Crippen LogP contribution < -0.4 is 0 Å². The van der Waals surface area contributed by atoms with E-state index in [0.29, 0.717) is 18.3 Å². The third kappa shape index (κ3) is 3.03. The lowest BCUT2D eigenvalue weighted by atomic mass is 9.38. The molecule has 0 amide bonds. The SMILES string of the molecule is CC(C)=CC1C[C@H](C2CC=C3C2(C)CCC2[C@@]3(C)C(=O)CC3[C@]2(C)C=CC(=O)[C@]3(C)CO)CO1. The molecular weight excluding hydrogens is 424 g/mol. The molecule has 2 saturated carbocycles. The highest BCUT2D eigenvalue weighted by atomic mass is 16.5. The lowest BCUT2D eigenvalue weighted by molar-refractivity contribution is -0.161. The number of aliphatic hydroxyl groups is 1. The summed E-state index contributed by atoms with van der Waals surface area (Å²) in [4.78, 5) is 26.9. The zero-order valence-corrected chi connectivity index (χ0v) is 21.8. The van der Waals surface area contributed by atoms with E-state index < -0.39 is 10.8 Å². The predicted octanol–water partition coefficient (Wildman–Crippen LogP) is 5.46. The quantitative estimate of drug-likeness (QED) is 0.561. The largest absolute Gasteiger partial charge is 0.395 e. The van der Waals surface area contributed by atoms with Gasteiger partial charge in [0.2, 0.25) is 0 Å². The number of hydrogen-bond acceptors (Lipinski definition) is 4. The Labute approximate surface area is 204 Å². The third-order valence-corrected chi connectivity index (χ3v) is 11.1. The van der Waals surface area contributed by atoms with Crippen LogP contribution in [-0.2, 0) is 14.3 Å². The Hall–Kier alpha value is -1.52. The first-order valence-corrected chi connectivity index (χ1v) is 13.3. The molecule has 5 unspecified atom stereocenters. The molecule has 1 heterocycles. The van der Waals surface area contributed by atoms with Crippen molar-refractivity contribution in [2.75, 3.05) is 13.2 Å². The van der Waals surface area contributed by atoms with Crippen molar-refractivity contribution in [1.82, 2.24) is 0 Å². The van der Waals surface area contributed by atoms with Gasteiger partial charge in [-0.3, -0.25) is 9.59 Å². The van der Waals surface area contributed by atoms with Gasteiger partial charge in [0.1, 0.15) is 5.78 Å². The Morgan fingerprint density at radius 3 is 2.59 bits per heavy atom. The van der Waals surface area contributed by atoms with Gasteiger partial charge < -0.3 is 9.84 Å². The van der Waals surface area contributed by atoms with E-state index in [1.54, 1.807) is 6.08 Å². The minimum Gasteiger partial charge on any atom is -0.395 e. The number of ether oxygens (including phenoxy) is 1. The Balaban J connectivity index is 1.49. The van der Waals surface area contributed by atoms with Gasteiger partial charge in [-0.25, -0.2) is 0 Å². The van der Waals surface area contributed by atoms with Gasteiger partial charge in [-0.15, -0.1) is 0 Å². The molecule has 0 aromatic heterocycles. The van der Waals surface area contributed by atoms with Crippen molar-refractivity contribution in [2.45, 2.75) is 79.8 Å². The fraction of sp³-hybridized carbons (Fsp3) is 0.733. The van der Waals surface area contributed by atoms with E-state index in [1.165, 1.54) is 11.1 Å². The van der Waals surface area contributed by atoms with Crippen LogP contribution in [0.3, 0.4) is 0 Å². The lowest BCUT2D eigenvalue weighted by Gasteiger charge is -2.64. The van der Waals surface area contributed by atoms with Crippen LogP contribution in [0.2, 0.25) is 0 Å². The molecule has 1 saturated heterocycles. The molecule has 3 fully saturated rings. The van der Waals surface area contributed by atoms with Crippen LogP contribution >= 0.6 is 0 Å². The Morgan fingerprint density at radius 1 is 1.18 bits per heavy atom. The standard InChI is InChI=1S/C30H42O4/c1-18(2)13-20-14-19(16-34-20)21-7-8-22-27(21,3)11-9-23-28(4)12-10-25(32)29(5,17-31)24(28)15-26(33)30(22,23)6/h8,10,12-13,19-21,23-24,31H,7,9,11,14-17H2,1-6H3/t19-,20?,21?,23?,24?,27?,28+,29+,30-/m0/s1. The van der Waals surface area contributed by atoms with E-state index in [4.69, 9.17) is 4.74 Å². The maximum atomic E-state index is 14.1. The van der Waals surface area contributed by atoms with E-state index in [-0.39, 0.29) is 46.9 Å². The highest BCUT2D eigenvalue weighted by Crippen LogP contribution is 2.71. The zero-order chi connectivity index (χ0) is 24.7. The third-order valence-electron chi connectivity index (χ3n) is 11.1. The summed E-state index contributed by atoms with van der Waals surface area (Å²) in [5.74, 6) is 1.26. The lowest BCUT2D eigenvalue weighted by Crippen LogP contribution is -2.63. The first kappa shape index (κ1) is 24.2. The number of ketones is 2. The maximum absolute atomic E-state index is 14.1. The molecule has 1 N–H and O–H groups in total. The summed E-state index contributed by atoms with van der Waals surface area (Å²) in [6.07, 6.45) is 13.2. The van der Waals surface area contributed by atoms with Crippen molar-refractivity contribution in [1.29, 1.82) is 0 Å². The molecule has 0 radical (unpaired) electrons. The van der Waals surface area contributed by atoms with Crippen LogP contribution in [0.4, 0.5) is 0 Å². The van der Waals surface area contributed by atoms with Crippen molar-refractivity contribution in [3.63, 3.8) is 0 Å². The molecule has 0 spiro atoms. The van der Waals surface area contributed by atoms with Gasteiger partial charge in [-0.1, -0.05) is 43.2 Å². The van der Waals surface area contributed by atoms with Crippen LogP contribution in [0.1, 0.15) is 73.6 Å². The smallest absolute Gasteiger partial charge is 0.163 e. The number of carbonyl (C=O) groups excluding carboxylic acids is 2. The highest BCUT2D eigenvalue weighted by molar-refractivity contribution is 5.98. The molecule has 4 aliphatic carbocycles. The average molecular weight is 467 g/mol. The van der Waals surface area contributed by atoms with E-state index in [1.807, 2.05) is 6.92 Å². The van der Waals surface area contributed by atoms with Gasteiger partial charge in [0.25, 0.3) is 0 Å². The number of rotatable bonds is 3. The van der Waals surface area contributed by atoms with Crippen molar-refractivity contribution >= 4 is 11.6 Å². The van der Waals surface area contributed by atoms with E-state index >= 15 is 0 Å². The molecule has 1 aliphatic heterocycles. The fourth-order valence-corrected chi connectivity index (χ4v) is 9.23. The van der Waals surface area contributed by atoms with Crippen molar-refractivity contribution in [3.8, 4) is 0 Å². The Kier molecular flexibility index (Phi) is 5.50.